The van der Waals surface area contributed by atoms with E-state index in [0.717, 1.165) is 11.1 Å². The second kappa shape index (κ2) is 10.3. The summed E-state index contributed by atoms with van der Waals surface area (Å²) in [5.41, 5.74) is 1.79. The van der Waals surface area contributed by atoms with Crippen LogP contribution in [0.4, 0.5) is 5.69 Å². The average molecular weight is 576 g/mol. The normalized spacial score (nSPS) is 11.9. The Morgan fingerprint density at radius 2 is 1.27 bits per heavy atom. The summed E-state index contributed by atoms with van der Waals surface area (Å²) in [5.74, 6) is 0.533. The Morgan fingerprint density at radius 1 is 0.700 bits per heavy atom. The molecule has 1 heterocycles. The Labute approximate surface area is 232 Å². The molecule has 0 saturated carbocycles. The molecule has 0 aliphatic heterocycles. The topological polar surface area (TPSA) is 111 Å². The lowest BCUT2D eigenvalue weighted by molar-refractivity contribution is 0.415. The van der Waals surface area contributed by atoms with Gasteiger partial charge in [0.2, 0.25) is 0 Å². The van der Waals surface area contributed by atoms with Crippen LogP contribution in [0.5, 0.6) is 5.75 Å². The largest absolute Gasteiger partial charge is 0.497 e. The molecule has 0 aliphatic carbocycles. The zero-order chi connectivity index (χ0) is 28.7. The van der Waals surface area contributed by atoms with Crippen LogP contribution in [0.15, 0.2) is 116 Å². The number of aryl methyl sites for hydroxylation is 2. The molecule has 5 aromatic rings. The van der Waals surface area contributed by atoms with Gasteiger partial charge in [-0.15, -0.1) is 0 Å². The molecule has 0 fully saturated rings. The summed E-state index contributed by atoms with van der Waals surface area (Å²) in [6.07, 6.45) is 0. The van der Waals surface area contributed by atoms with Crippen molar-refractivity contribution in [2.45, 2.75) is 23.6 Å². The maximum Gasteiger partial charge on any atom is 0.344 e. The molecule has 0 radical (unpaired) electrons. The first-order chi connectivity index (χ1) is 19.0. The molecule has 0 amide bonds. The van der Waals surface area contributed by atoms with E-state index in [9.17, 15) is 21.6 Å². The first kappa shape index (κ1) is 27.2. The summed E-state index contributed by atoms with van der Waals surface area (Å²) in [7, 11) is -7.69. The third-order valence-corrected chi connectivity index (χ3v) is 10.6. The van der Waals surface area contributed by atoms with Gasteiger partial charge >= 0.3 is 5.63 Å². The van der Waals surface area contributed by atoms with Gasteiger partial charge in [-0.05, 0) is 80.1 Å². The van der Waals surface area contributed by atoms with E-state index in [1.165, 1.54) is 55.6 Å². The van der Waals surface area contributed by atoms with Gasteiger partial charge in [-0.3, -0.25) is 0 Å². The smallest absolute Gasteiger partial charge is 0.344 e. The SMILES string of the molecule is COc1cccc(-c2cc3cc(N(S(=O)(=O)c4ccc(C)cc4)S(=O)(=O)c4ccc(C)cc4)ccc3oc2=O)c1. The van der Waals surface area contributed by atoms with Crippen LogP contribution in [0.25, 0.3) is 22.1 Å². The quantitative estimate of drug-likeness (QED) is 0.230. The average Bonchev–Trinajstić information content (AvgIpc) is 2.93. The van der Waals surface area contributed by atoms with Gasteiger partial charge < -0.3 is 9.15 Å². The van der Waals surface area contributed by atoms with Crippen LogP contribution in [-0.2, 0) is 20.0 Å². The zero-order valence-corrected chi connectivity index (χ0v) is 23.5. The Kier molecular flexibility index (Phi) is 6.99. The number of ether oxygens (including phenoxy) is 1. The third-order valence-electron chi connectivity index (χ3n) is 6.38. The van der Waals surface area contributed by atoms with Crippen LogP contribution in [0.3, 0.4) is 0 Å². The van der Waals surface area contributed by atoms with Crippen molar-refractivity contribution >= 4 is 36.7 Å². The highest BCUT2D eigenvalue weighted by Gasteiger charge is 2.37. The number of anilines is 1. The molecule has 0 saturated heterocycles. The fraction of sp³-hybridized carbons (Fsp3) is 0.100. The highest BCUT2D eigenvalue weighted by molar-refractivity contribution is 8.10. The number of methoxy groups -OCH3 is 1. The summed E-state index contributed by atoms with van der Waals surface area (Å²) >= 11 is 0. The lowest BCUT2D eigenvalue weighted by atomic mass is 10.1. The zero-order valence-electron chi connectivity index (χ0n) is 21.9. The van der Waals surface area contributed by atoms with Gasteiger partial charge in [0.25, 0.3) is 20.0 Å². The predicted octanol–water partition coefficient (Wildman–Crippen LogP) is 5.67. The number of benzene rings is 4. The summed E-state index contributed by atoms with van der Waals surface area (Å²) in [4.78, 5) is 12.4. The maximum atomic E-state index is 13.9. The molecule has 0 unspecified atom stereocenters. The van der Waals surface area contributed by atoms with E-state index in [4.69, 9.17) is 9.15 Å². The lowest BCUT2D eigenvalue weighted by Crippen LogP contribution is -2.37. The van der Waals surface area contributed by atoms with Crippen molar-refractivity contribution < 1.29 is 26.0 Å². The molecule has 0 atom stereocenters. The molecular weight excluding hydrogens is 550 g/mol. The number of rotatable bonds is 7. The number of fused-ring (bicyclic) bond motifs is 1. The Hall–Kier alpha value is -4.41. The van der Waals surface area contributed by atoms with Crippen LogP contribution < -0.4 is 14.1 Å². The molecule has 5 rings (SSSR count). The monoisotopic (exact) mass is 575 g/mol. The predicted molar refractivity (Wildman–Crippen MR) is 154 cm³/mol. The molecule has 204 valence electrons. The Morgan fingerprint density at radius 3 is 1.82 bits per heavy atom. The van der Waals surface area contributed by atoms with E-state index < -0.39 is 25.7 Å². The van der Waals surface area contributed by atoms with E-state index in [1.54, 1.807) is 62.4 Å². The maximum absolute atomic E-state index is 13.9. The van der Waals surface area contributed by atoms with Crippen LogP contribution in [-0.4, -0.2) is 23.9 Å². The third kappa shape index (κ3) is 4.99. The fourth-order valence-electron chi connectivity index (χ4n) is 4.23. The number of sulfonamides is 2. The van der Waals surface area contributed by atoms with Gasteiger partial charge in [-0.1, -0.05) is 47.5 Å². The van der Waals surface area contributed by atoms with Gasteiger partial charge in [-0.25, -0.2) is 21.6 Å². The van der Waals surface area contributed by atoms with Crippen LogP contribution in [0.1, 0.15) is 11.1 Å². The second-order valence-electron chi connectivity index (χ2n) is 9.23. The Bertz CT molecular complexity index is 1920. The molecule has 4 aromatic carbocycles. The number of nitrogens with zero attached hydrogens (tertiary/aromatic N) is 1. The lowest BCUT2D eigenvalue weighted by Gasteiger charge is -2.24. The van der Waals surface area contributed by atoms with Gasteiger partial charge in [0.05, 0.1) is 28.2 Å². The van der Waals surface area contributed by atoms with Gasteiger partial charge in [0.1, 0.15) is 11.3 Å². The van der Waals surface area contributed by atoms with Gasteiger partial charge in [0.15, 0.2) is 0 Å². The standard InChI is InChI=1S/C30H25NO7S2/c1-20-7-12-26(13-8-20)39(33,34)31(40(35,36)27-14-9-21(2)10-15-27)24-11-16-29-23(17-24)19-28(30(32)38-29)22-5-4-6-25(18-22)37-3/h4-19H,1-3H3. The summed E-state index contributed by atoms with van der Waals surface area (Å²) < 4.78 is 66.9. The van der Waals surface area contributed by atoms with Crippen molar-refractivity contribution in [3.8, 4) is 16.9 Å². The minimum atomic E-state index is -4.60. The number of hydrogen-bond donors (Lipinski definition) is 0. The fourth-order valence-corrected chi connectivity index (χ4v) is 7.91. The van der Waals surface area contributed by atoms with E-state index >= 15 is 0 Å². The van der Waals surface area contributed by atoms with Crippen molar-refractivity contribution in [1.82, 2.24) is 0 Å². The summed E-state index contributed by atoms with van der Waals surface area (Å²) in [5, 5.41) is 0.332. The van der Waals surface area contributed by atoms with E-state index in [2.05, 4.69) is 0 Å². The van der Waals surface area contributed by atoms with Crippen LogP contribution in [0.2, 0.25) is 0 Å². The van der Waals surface area contributed by atoms with E-state index in [-0.39, 0.29) is 26.6 Å². The summed E-state index contributed by atoms with van der Waals surface area (Å²) in [6, 6.07) is 24.3. The molecule has 8 nitrogen and oxygen atoms in total. The molecule has 0 aliphatic rings. The van der Waals surface area contributed by atoms with Gasteiger partial charge in [0, 0.05) is 5.39 Å². The van der Waals surface area contributed by atoms with Crippen molar-refractivity contribution in [3.63, 3.8) is 0 Å². The van der Waals surface area contributed by atoms with Crippen molar-refractivity contribution in [2.24, 2.45) is 0 Å². The minimum Gasteiger partial charge on any atom is -0.497 e. The van der Waals surface area contributed by atoms with E-state index in [1.807, 2.05) is 0 Å². The molecule has 0 spiro atoms. The highest BCUT2D eigenvalue weighted by Crippen LogP contribution is 2.34. The highest BCUT2D eigenvalue weighted by atomic mass is 32.3. The first-order valence-corrected chi connectivity index (χ1v) is 15.0. The van der Waals surface area contributed by atoms with Gasteiger partial charge in [-0.2, -0.15) is 3.71 Å². The molecule has 10 heteroatoms. The molecule has 0 bridgehead atoms. The summed E-state index contributed by atoms with van der Waals surface area (Å²) in [6.45, 7) is 3.60. The van der Waals surface area contributed by atoms with Crippen molar-refractivity contribution in [3.05, 3.63) is 119 Å². The van der Waals surface area contributed by atoms with Crippen LogP contribution in [0, 0.1) is 13.8 Å². The Balaban J connectivity index is 1.74. The second-order valence-corrected chi connectivity index (χ2v) is 13.0. The van der Waals surface area contributed by atoms with E-state index in [0.29, 0.717) is 20.4 Å². The van der Waals surface area contributed by atoms with Crippen molar-refractivity contribution in [2.75, 3.05) is 10.8 Å². The first-order valence-electron chi connectivity index (χ1n) is 12.2. The van der Waals surface area contributed by atoms with Crippen molar-refractivity contribution in [1.29, 1.82) is 0 Å². The minimum absolute atomic E-state index is 0.140. The molecule has 0 N–H and O–H groups in total. The molecule has 1 aromatic heterocycles. The van der Waals surface area contributed by atoms with Crippen LogP contribution >= 0.6 is 0 Å². The molecule has 40 heavy (non-hydrogen) atoms. The number of hydrogen-bond acceptors (Lipinski definition) is 7. The molecular formula is C30H25NO7S2.